The molecule has 2 amide bonds. The van der Waals surface area contributed by atoms with Crippen LogP contribution < -0.4 is 9.62 Å². The molecule has 1 fully saturated rings. The lowest BCUT2D eigenvalue weighted by Gasteiger charge is -2.34. The number of carbonyl (C=O) groups excluding carboxylic acids is 2. The van der Waals surface area contributed by atoms with Crippen LogP contribution in [0.5, 0.6) is 0 Å². The summed E-state index contributed by atoms with van der Waals surface area (Å²) in [6, 6.07) is 29.5. The van der Waals surface area contributed by atoms with Crippen molar-refractivity contribution >= 4 is 39.1 Å². The van der Waals surface area contributed by atoms with Crippen molar-refractivity contribution in [3.05, 3.63) is 130 Å². The molecule has 0 aromatic heterocycles. The number of hydrogen-bond acceptors (Lipinski definition) is 4. The lowest BCUT2D eigenvalue weighted by molar-refractivity contribution is -0.140. The van der Waals surface area contributed by atoms with Crippen LogP contribution >= 0.6 is 11.6 Å². The lowest BCUT2D eigenvalue weighted by atomic mass is 10.0. The molecule has 46 heavy (non-hydrogen) atoms. The molecule has 0 unspecified atom stereocenters. The predicted molar refractivity (Wildman–Crippen MR) is 183 cm³/mol. The molecule has 0 heterocycles. The Morgan fingerprint density at radius 1 is 0.870 bits per heavy atom. The summed E-state index contributed by atoms with van der Waals surface area (Å²) in [4.78, 5) is 30.3. The highest BCUT2D eigenvalue weighted by Crippen LogP contribution is 2.27. The van der Waals surface area contributed by atoms with Crippen LogP contribution in [0.2, 0.25) is 5.02 Å². The van der Waals surface area contributed by atoms with Gasteiger partial charge in [0.25, 0.3) is 10.0 Å². The molecule has 240 valence electrons. The molecule has 1 aliphatic carbocycles. The summed E-state index contributed by atoms with van der Waals surface area (Å²) in [5, 5.41) is 3.61. The van der Waals surface area contributed by atoms with E-state index in [0.717, 1.165) is 52.2 Å². The van der Waals surface area contributed by atoms with Gasteiger partial charge in [0.1, 0.15) is 12.6 Å². The van der Waals surface area contributed by atoms with E-state index in [1.165, 1.54) is 24.3 Å². The van der Waals surface area contributed by atoms with E-state index in [9.17, 15) is 18.0 Å². The normalized spacial score (nSPS) is 14.1. The number of nitrogens with one attached hydrogen (secondary N) is 1. The standard InChI is InChI=1S/C37H40ClN3O4S/c1-27-11-10-18-33(23-27)41(46(44,45)34-21-19-31(38)20-22-34)26-36(42)40(25-30-15-7-6-12-28(30)2)35(24-29-13-4-3-5-14-29)37(43)39-32-16-8-9-17-32/h3-7,10-15,18-23,32,35H,8-9,16-17,24-26H2,1-2H3,(H,39,43)/t35-/m0/s1. The maximum Gasteiger partial charge on any atom is 0.264 e. The van der Waals surface area contributed by atoms with Gasteiger partial charge in [-0.25, -0.2) is 8.42 Å². The molecule has 1 saturated carbocycles. The van der Waals surface area contributed by atoms with E-state index < -0.39 is 28.5 Å². The topological polar surface area (TPSA) is 86.8 Å². The zero-order chi connectivity index (χ0) is 32.7. The number of benzene rings is 4. The fourth-order valence-corrected chi connectivity index (χ4v) is 7.47. The van der Waals surface area contributed by atoms with Crippen molar-refractivity contribution in [1.29, 1.82) is 0 Å². The predicted octanol–water partition coefficient (Wildman–Crippen LogP) is 6.85. The SMILES string of the molecule is Cc1cccc(N(CC(=O)N(Cc2ccccc2C)[C@@H](Cc2ccccc2)C(=O)NC2CCCC2)S(=O)(=O)c2ccc(Cl)cc2)c1. The highest BCUT2D eigenvalue weighted by molar-refractivity contribution is 7.92. The van der Waals surface area contributed by atoms with Crippen LogP contribution in [0.25, 0.3) is 0 Å². The Balaban J connectivity index is 1.57. The van der Waals surface area contributed by atoms with Gasteiger partial charge in [0.2, 0.25) is 11.8 Å². The molecule has 0 bridgehead atoms. The Bertz CT molecular complexity index is 1760. The van der Waals surface area contributed by atoms with Gasteiger partial charge < -0.3 is 10.2 Å². The van der Waals surface area contributed by atoms with Crippen molar-refractivity contribution in [3.8, 4) is 0 Å². The molecule has 0 spiro atoms. The quantitative estimate of drug-likeness (QED) is 0.181. The Hall–Kier alpha value is -4.14. The third kappa shape index (κ3) is 8.17. The average molecular weight is 658 g/mol. The molecule has 1 aliphatic rings. The number of hydrogen-bond donors (Lipinski definition) is 1. The van der Waals surface area contributed by atoms with Crippen LogP contribution in [-0.2, 0) is 32.6 Å². The molecule has 7 nitrogen and oxygen atoms in total. The zero-order valence-corrected chi connectivity index (χ0v) is 27.8. The number of rotatable bonds is 12. The highest BCUT2D eigenvalue weighted by Gasteiger charge is 2.35. The Kier molecular flexibility index (Phi) is 10.8. The molecule has 4 aromatic carbocycles. The number of nitrogens with zero attached hydrogens (tertiary/aromatic N) is 2. The minimum absolute atomic E-state index is 0.0106. The first kappa shape index (κ1) is 33.2. The van der Waals surface area contributed by atoms with Gasteiger partial charge in [0.15, 0.2) is 0 Å². The van der Waals surface area contributed by atoms with Crippen LogP contribution in [0.3, 0.4) is 0 Å². The third-order valence-corrected chi connectivity index (χ3v) is 10.6. The summed E-state index contributed by atoms with van der Waals surface area (Å²) in [7, 11) is -4.19. The Morgan fingerprint density at radius 2 is 1.54 bits per heavy atom. The zero-order valence-electron chi connectivity index (χ0n) is 26.2. The Labute approximate surface area is 277 Å². The molecule has 0 aliphatic heterocycles. The second-order valence-electron chi connectivity index (χ2n) is 11.9. The first-order chi connectivity index (χ1) is 22.1. The van der Waals surface area contributed by atoms with Crippen LogP contribution in [-0.4, -0.2) is 43.8 Å². The van der Waals surface area contributed by atoms with Crippen molar-refractivity contribution in [2.45, 2.75) is 69.5 Å². The van der Waals surface area contributed by atoms with E-state index in [-0.39, 0.29) is 29.8 Å². The molecular weight excluding hydrogens is 618 g/mol. The van der Waals surface area contributed by atoms with Gasteiger partial charge in [0.05, 0.1) is 10.6 Å². The monoisotopic (exact) mass is 657 g/mol. The van der Waals surface area contributed by atoms with E-state index in [4.69, 9.17) is 11.6 Å². The van der Waals surface area contributed by atoms with Crippen LogP contribution in [0.1, 0.15) is 47.9 Å². The number of carbonyl (C=O) groups is 2. The van der Waals surface area contributed by atoms with Gasteiger partial charge in [-0.1, -0.05) is 91.2 Å². The smallest absolute Gasteiger partial charge is 0.264 e. The van der Waals surface area contributed by atoms with Crippen LogP contribution in [0.15, 0.2) is 108 Å². The molecule has 1 atom stereocenters. The molecule has 0 radical (unpaired) electrons. The second kappa shape index (κ2) is 15.0. The van der Waals surface area contributed by atoms with Gasteiger partial charge in [-0.15, -0.1) is 0 Å². The van der Waals surface area contributed by atoms with Crippen molar-refractivity contribution in [2.75, 3.05) is 10.8 Å². The van der Waals surface area contributed by atoms with Crippen LogP contribution in [0, 0.1) is 13.8 Å². The molecule has 9 heteroatoms. The summed E-state index contributed by atoms with van der Waals surface area (Å²) < 4.78 is 29.5. The van der Waals surface area contributed by atoms with E-state index >= 15 is 0 Å². The van der Waals surface area contributed by atoms with Gasteiger partial charge in [-0.2, -0.15) is 0 Å². The van der Waals surface area contributed by atoms with E-state index in [2.05, 4.69) is 5.32 Å². The van der Waals surface area contributed by atoms with E-state index in [1.54, 1.807) is 23.1 Å². The summed E-state index contributed by atoms with van der Waals surface area (Å²) in [6.45, 7) is 3.48. The average Bonchev–Trinajstić information content (AvgIpc) is 3.56. The number of aryl methyl sites for hydroxylation is 2. The number of halogens is 1. The van der Waals surface area contributed by atoms with E-state index in [0.29, 0.717) is 10.7 Å². The lowest BCUT2D eigenvalue weighted by Crippen LogP contribution is -2.54. The molecular formula is C37H40ClN3O4S. The second-order valence-corrected chi connectivity index (χ2v) is 14.2. The van der Waals surface area contributed by atoms with Crippen molar-refractivity contribution in [3.63, 3.8) is 0 Å². The van der Waals surface area contributed by atoms with E-state index in [1.807, 2.05) is 74.5 Å². The van der Waals surface area contributed by atoms with Crippen molar-refractivity contribution in [1.82, 2.24) is 10.2 Å². The molecule has 0 saturated heterocycles. The first-order valence-electron chi connectivity index (χ1n) is 15.6. The third-order valence-electron chi connectivity index (χ3n) is 8.54. The summed E-state index contributed by atoms with van der Waals surface area (Å²) in [6.07, 6.45) is 4.18. The summed E-state index contributed by atoms with van der Waals surface area (Å²) in [5.74, 6) is -0.717. The summed E-state index contributed by atoms with van der Waals surface area (Å²) >= 11 is 6.08. The minimum Gasteiger partial charge on any atom is -0.352 e. The fraction of sp³-hybridized carbons (Fsp3) is 0.297. The van der Waals surface area contributed by atoms with Gasteiger partial charge >= 0.3 is 0 Å². The molecule has 5 rings (SSSR count). The first-order valence-corrected chi connectivity index (χ1v) is 17.5. The van der Waals surface area contributed by atoms with Crippen molar-refractivity contribution < 1.29 is 18.0 Å². The number of sulfonamides is 1. The molecule has 1 N–H and O–H groups in total. The van der Waals surface area contributed by atoms with Crippen LogP contribution in [0.4, 0.5) is 5.69 Å². The van der Waals surface area contributed by atoms with Gasteiger partial charge in [-0.05, 0) is 85.3 Å². The minimum atomic E-state index is -4.19. The Morgan fingerprint density at radius 3 is 2.22 bits per heavy atom. The van der Waals surface area contributed by atoms with Gasteiger partial charge in [0, 0.05) is 24.0 Å². The van der Waals surface area contributed by atoms with Gasteiger partial charge in [-0.3, -0.25) is 13.9 Å². The fourth-order valence-electron chi connectivity index (χ4n) is 5.94. The number of anilines is 1. The maximum absolute atomic E-state index is 14.7. The molecule has 4 aromatic rings. The largest absolute Gasteiger partial charge is 0.352 e. The number of amides is 2. The van der Waals surface area contributed by atoms with Crippen molar-refractivity contribution in [2.24, 2.45) is 0 Å². The maximum atomic E-state index is 14.7. The highest BCUT2D eigenvalue weighted by atomic mass is 35.5. The summed E-state index contributed by atoms with van der Waals surface area (Å²) in [5.41, 5.74) is 3.95.